The molecule has 0 saturated heterocycles. The lowest BCUT2D eigenvalue weighted by molar-refractivity contribution is 0.102. The molecule has 2 N–H and O–H groups in total. The molecule has 0 saturated carbocycles. The Kier molecular flexibility index (Phi) is 4.35. The van der Waals surface area contributed by atoms with Gasteiger partial charge in [-0.1, -0.05) is 31.2 Å². The van der Waals surface area contributed by atoms with Gasteiger partial charge in [-0.15, -0.1) is 0 Å². The topological polar surface area (TPSA) is 54.0 Å². The number of nitrogens with one attached hydrogen (secondary N) is 2. The van der Waals surface area contributed by atoms with Crippen molar-refractivity contribution < 1.29 is 4.79 Å². The standard InChI is InChI=1S/C16H19N3O/c1-4-12-8-5-7-11(2)15(12)19-16(20)13-9-6-10-14(17-3)18-13/h5-10H,4H2,1-3H3,(H,17,18)(H,19,20). The van der Waals surface area contributed by atoms with Crippen LogP contribution >= 0.6 is 0 Å². The molecule has 2 rings (SSSR count). The van der Waals surface area contributed by atoms with Gasteiger partial charge in [-0.2, -0.15) is 0 Å². The van der Waals surface area contributed by atoms with Crippen LogP contribution < -0.4 is 10.6 Å². The van der Waals surface area contributed by atoms with Gasteiger partial charge >= 0.3 is 0 Å². The first kappa shape index (κ1) is 14.1. The number of aryl methyl sites for hydroxylation is 2. The van der Waals surface area contributed by atoms with Crippen LogP contribution in [-0.2, 0) is 6.42 Å². The number of nitrogens with zero attached hydrogens (tertiary/aromatic N) is 1. The molecule has 1 amide bonds. The zero-order chi connectivity index (χ0) is 14.5. The van der Waals surface area contributed by atoms with Crippen molar-refractivity contribution in [2.75, 3.05) is 17.7 Å². The molecule has 4 nitrogen and oxygen atoms in total. The van der Waals surface area contributed by atoms with Crippen LogP contribution in [0, 0.1) is 6.92 Å². The quantitative estimate of drug-likeness (QED) is 0.895. The van der Waals surface area contributed by atoms with E-state index in [-0.39, 0.29) is 5.91 Å². The normalized spacial score (nSPS) is 10.2. The second-order valence-corrected chi connectivity index (χ2v) is 4.57. The van der Waals surface area contributed by atoms with Crippen LogP contribution in [0.25, 0.3) is 0 Å². The van der Waals surface area contributed by atoms with Crippen LogP contribution in [0.4, 0.5) is 11.5 Å². The van der Waals surface area contributed by atoms with Crippen LogP contribution in [0.3, 0.4) is 0 Å². The van der Waals surface area contributed by atoms with Gasteiger partial charge in [0.25, 0.3) is 5.91 Å². The first-order chi connectivity index (χ1) is 9.65. The lowest BCUT2D eigenvalue weighted by Gasteiger charge is -2.13. The Balaban J connectivity index is 2.27. The van der Waals surface area contributed by atoms with Gasteiger partial charge in [0, 0.05) is 12.7 Å². The molecule has 0 spiro atoms. The van der Waals surface area contributed by atoms with Gasteiger partial charge in [0.05, 0.1) is 0 Å². The minimum Gasteiger partial charge on any atom is -0.373 e. The van der Waals surface area contributed by atoms with Crippen molar-refractivity contribution in [3.8, 4) is 0 Å². The summed E-state index contributed by atoms with van der Waals surface area (Å²) in [6.45, 7) is 4.07. The molecule has 0 aliphatic heterocycles. The molecule has 0 atom stereocenters. The van der Waals surface area contributed by atoms with Crippen molar-refractivity contribution in [2.24, 2.45) is 0 Å². The number of benzene rings is 1. The van der Waals surface area contributed by atoms with Gasteiger partial charge in [-0.05, 0) is 36.6 Å². The number of para-hydroxylation sites is 1. The van der Waals surface area contributed by atoms with E-state index in [0.717, 1.165) is 23.2 Å². The van der Waals surface area contributed by atoms with Gasteiger partial charge in [-0.3, -0.25) is 4.79 Å². The van der Waals surface area contributed by atoms with E-state index in [4.69, 9.17) is 0 Å². The Labute approximate surface area is 119 Å². The van der Waals surface area contributed by atoms with E-state index in [9.17, 15) is 4.79 Å². The molecular weight excluding hydrogens is 250 g/mol. The number of amides is 1. The monoisotopic (exact) mass is 269 g/mol. The SMILES string of the molecule is CCc1cccc(C)c1NC(=O)c1cccc(NC)n1. The highest BCUT2D eigenvalue weighted by molar-refractivity contribution is 6.03. The van der Waals surface area contributed by atoms with E-state index in [1.807, 2.05) is 37.3 Å². The fourth-order valence-electron chi connectivity index (χ4n) is 2.08. The van der Waals surface area contributed by atoms with Crippen molar-refractivity contribution in [2.45, 2.75) is 20.3 Å². The molecule has 0 aliphatic rings. The summed E-state index contributed by atoms with van der Waals surface area (Å²) in [5.74, 6) is 0.490. The second kappa shape index (κ2) is 6.19. The summed E-state index contributed by atoms with van der Waals surface area (Å²) in [5, 5.41) is 5.90. The Morgan fingerprint density at radius 2 is 1.95 bits per heavy atom. The molecule has 2 aromatic rings. The fraction of sp³-hybridized carbons (Fsp3) is 0.250. The molecule has 0 fully saturated rings. The molecule has 0 radical (unpaired) electrons. The van der Waals surface area contributed by atoms with E-state index in [0.29, 0.717) is 11.5 Å². The number of anilines is 2. The Morgan fingerprint density at radius 1 is 1.20 bits per heavy atom. The summed E-state index contributed by atoms with van der Waals surface area (Å²) < 4.78 is 0. The van der Waals surface area contributed by atoms with Gasteiger partial charge in [0.1, 0.15) is 11.5 Å². The maximum absolute atomic E-state index is 12.3. The number of aromatic nitrogens is 1. The third-order valence-corrected chi connectivity index (χ3v) is 3.22. The number of rotatable bonds is 4. The molecule has 104 valence electrons. The van der Waals surface area contributed by atoms with Crippen molar-refractivity contribution in [3.63, 3.8) is 0 Å². The number of hydrogen-bond donors (Lipinski definition) is 2. The summed E-state index contributed by atoms with van der Waals surface area (Å²) >= 11 is 0. The highest BCUT2D eigenvalue weighted by atomic mass is 16.1. The minimum absolute atomic E-state index is 0.189. The second-order valence-electron chi connectivity index (χ2n) is 4.57. The van der Waals surface area contributed by atoms with Crippen LogP contribution in [0.2, 0.25) is 0 Å². The van der Waals surface area contributed by atoms with E-state index < -0.39 is 0 Å². The zero-order valence-electron chi connectivity index (χ0n) is 12.0. The van der Waals surface area contributed by atoms with E-state index >= 15 is 0 Å². The Hall–Kier alpha value is -2.36. The molecule has 20 heavy (non-hydrogen) atoms. The summed E-state index contributed by atoms with van der Waals surface area (Å²) in [7, 11) is 1.78. The molecule has 1 aromatic heterocycles. The highest BCUT2D eigenvalue weighted by Crippen LogP contribution is 2.21. The molecule has 1 heterocycles. The van der Waals surface area contributed by atoms with Gasteiger partial charge in [-0.25, -0.2) is 4.98 Å². The average molecular weight is 269 g/mol. The number of carbonyl (C=O) groups excluding carboxylic acids is 1. The van der Waals surface area contributed by atoms with Crippen LogP contribution in [0.15, 0.2) is 36.4 Å². The largest absolute Gasteiger partial charge is 0.373 e. The molecule has 1 aromatic carbocycles. The van der Waals surface area contributed by atoms with Crippen molar-refractivity contribution >= 4 is 17.4 Å². The predicted octanol–water partition coefficient (Wildman–Crippen LogP) is 3.25. The summed E-state index contributed by atoms with van der Waals surface area (Å²) in [6, 6.07) is 11.4. The lowest BCUT2D eigenvalue weighted by atomic mass is 10.1. The highest BCUT2D eigenvalue weighted by Gasteiger charge is 2.12. The lowest BCUT2D eigenvalue weighted by Crippen LogP contribution is -2.16. The number of hydrogen-bond acceptors (Lipinski definition) is 3. The van der Waals surface area contributed by atoms with Gasteiger partial charge in [0.15, 0.2) is 0 Å². The van der Waals surface area contributed by atoms with E-state index in [1.54, 1.807) is 13.1 Å². The van der Waals surface area contributed by atoms with Crippen molar-refractivity contribution in [1.29, 1.82) is 0 Å². The molecule has 4 heteroatoms. The predicted molar refractivity (Wildman–Crippen MR) is 82.3 cm³/mol. The molecule has 0 bridgehead atoms. The molecule has 0 aliphatic carbocycles. The van der Waals surface area contributed by atoms with Gasteiger partial charge in [0.2, 0.25) is 0 Å². The fourth-order valence-corrected chi connectivity index (χ4v) is 2.08. The smallest absolute Gasteiger partial charge is 0.274 e. The first-order valence-corrected chi connectivity index (χ1v) is 6.70. The van der Waals surface area contributed by atoms with Crippen LogP contribution in [-0.4, -0.2) is 17.9 Å². The third kappa shape index (κ3) is 2.96. The Bertz CT molecular complexity index is 623. The maximum Gasteiger partial charge on any atom is 0.274 e. The van der Waals surface area contributed by atoms with E-state index in [1.165, 1.54) is 0 Å². The molecule has 0 unspecified atom stereocenters. The third-order valence-electron chi connectivity index (χ3n) is 3.22. The number of carbonyl (C=O) groups is 1. The van der Waals surface area contributed by atoms with Gasteiger partial charge < -0.3 is 10.6 Å². The summed E-state index contributed by atoms with van der Waals surface area (Å²) in [4.78, 5) is 16.6. The summed E-state index contributed by atoms with van der Waals surface area (Å²) in [6.07, 6.45) is 0.876. The van der Waals surface area contributed by atoms with Crippen LogP contribution in [0.5, 0.6) is 0 Å². The molecular formula is C16H19N3O. The minimum atomic E-state index is -0.189. The Morgan fingerprint density at radius 3 is 2.65 bits per heavy atom. The summed E-state index contributed by atoms with van der Waals surface area (Å²) in [5.41, 5.74) is 3.48. The first-order valence-electron chi connectivity index (χ1n) is 6.70. The van der Waals surface area contributed by atoms with E-state index in [2.05, 4.69) is 22.5 Å². The van der Waals surface area contributed by atoms with Crippen molar-refractivity contribution in [1.82, 2.24) is 4.98 Å². The zero-order valence-corrected chi connectivity index (χ0v) is 12.0. The van der Waals surface area contributed by atoms with Crippen LogP contribution in [0.1, 0.15) is 28.5 Å². The average Bonchev–Trinajstić information content (AvgIpc) is 2.49. The number of pyridine rings is 1. The van der Waals surface area contributed by atoms with Crippen molar-refractivity contribution in [3.05, 3.63) is 53.2 Å². The maximum atomic E-state index is 12.3.